The molecule has 0 aliphatic heterocycles. The van der Waals surface area contributed by atoms with Crippen LogP contribution in [0.3, 0.4) is 0 Å². The number of hydrogen-bond acceptors (Lipinski definition) is 5. The summed E-state index contributed by atoms with van der Waals surface area (Å²) in [5, 5.41) is 10.6. The summed E-state index contributed by atoms with van der Waals surface area (Å²) in [5.41, 5.74) is 0. The molecule has 0 aliphatic carbocycles. The second-order valence-corrected chi connectivity index (χ2v) is 6.43. The Kier molecular flexibility index (Phi) is 3.69. The summed E-state index contributed by atoms with van der Waals surface area (Å²) in [7, 11) is -2.34. The highest BCUT2D eigenvalue weighted by Crippen LogP contribution is 2.21. The van der Waals surface area contributed by atoms with E-state index in [9.17, 15) is 13.2 Å². The molecular weight excluding hydrogens is 290 g/mol. The molecule has 0 fully saturated rings. The second-order valence-electron chi connectivity index (χ2n) is 3.79. The van der Waals surface area contributed by atoms with Gasteiger partial charge < -0.3 is 9.67 Å². The number of carbonyl (C=O) groups is 1. The van der Waals surface area contributed by atoms with E-state index in [1.54, 1.807) is 24.6 Å². The standard InChI is InChI=1S/C10H11N3O4S2/c1-13-5-8(11-6-13)19(16,17)12-9(10(14)15)7-3-2-4-18-7/h2-6,9,12H,1H3,(H,14,15). The van der Waals surface area contributed by atoms with Gasteiger partial charge in [-0.2, -0.15) is 4.72 Å². The number of nitrogens with one attached hydrogen (secondary N) is 1. The van der Waals surface area contributed by atoms with Crippen molar-refractivity contribution in [3.8, 4) is 0 Å². The fraction of sp³-hybridized carbons (Fsp3) is 0.200. The van der Waals surface area contributed by atoms with Gasteiger partial charge >= 0.3 is 5.97 Å². The molecule has 0 bridgehead atoms. The van der Waals surface area contributed by atoms with Crippen molar-refractivity contribution in [3.05, 3.63) is 34.9 Å². The topological polar surface area (TPSA) is 101 Å². The third-order valence-corrected chi connectivity index (χ3v) is 4.55. The van der Waals surface area contributed by atoms with Crippen molar-refractivity contribution in [2.45, 2.75) is 11.1 Å². The summed E-state index contributed by atoms with van der Waals surface area (Å²) in [5.74, 6) is -1.26. The van der Waals surface area contributed by atoms with Gasteiger partial charge in [-0.15, -0.1) is 11.3 Å². The number of carboxylic acids is 1. The van der Waals surface area contributed by atoms with Crippen molar-refractivity contribution in [2.24, 2.45) is 7.05 Å². The zero-order valence-electron chi connectivity index (χ0n) is 9.85. The van der Waals surface area contributed by atoms with Gasteiger partial charge in [0.1, 0.15) is 0 Å². The molecule has 0 aromatic carbocycles. The molecule has 2 aromatic rings. The average molecular weight is 301 g/mol. The van der Waals surface area contributed by atoms with Crippen LogP contribution in [0.5, 0.6) is 0 Å². The minimum absolute atomic E-state index is 0.210. The average Bonchev–Trinajstić information content (AvgIpc) is 2.96. The summed E-state index contributed by atoms with van der Waals surface area (Å²) in [4.78, 5) is 15.3. The molecule has 2 heterocycles. The van der Waals surface area contributed by atoms with Crippen LogP contribution in [0.1, 0.15) is 10.9 Å². The molecule has 0 aliphatic rings. The number of aliphatic carboxylic acids is 1. The third kappa shape index (κ3) is 3.00. The molecular formula is C10H11N3O4S2. The Morgan fingerprint density at radius 1 is 1.58 bits per heavy atom. The van der Waals surface area contributed by atoms with E-state index >= 15 is 0 Å². The van der Waals surface area contributed by atoms with Crippen LogP contribution in [0.15, 0.2) is 35.1 Å². The molecule has 9 heteroatoms. The van der Waals surface area contributed by atoms with E-state index in [0.29, 0.717) is 4.88 Å². The minimum Gasteiger partial charge on any atom is -0.480 e. The van der Waals surface area contributed by atoms with E-state index in [0.717, 1.165) is 0 Å². The lowest BCUT2D eigenvalue weighted by Crippen LogP contribution is -2.33. The maximum atomic E-state index is 12.0. The van der Waals surface area contributed by atoms with Crippen molar-refractivity contribution in [1.29, 1.82) is 0 Å². The molecule has 2 aromatic heterocycles. The molecule has 0 spiro atoms. The lowest BCUT2D eigenvalue weighted by atomic mass is 10.3. The zero-order chi connectivity index (χ0) is 14.0. The largest absolute Gasteiger partial charge is 0.480 e. The first-order valence-corrected chi connectivity index (χ1v) is 7.53. The number of sulfonamides is 1. The molecule has 0 saturated carbocycles. The maximum absolute atomic E-state index is 12.0. The van der Waals surface area contributed by atoms with Crippen molar-refractivity contribution in [2.75, 3.05) is 0 Å². The predicted molar refractivity (Wildman–Crippen MR) is 68.2 cm³/mol. The number of imidazole rings is 1. The number of aryl methyl sites for hydroxylation is 1. The Hall–Kier alpha value is -1.71. The summed E-state index contributed by atoms with van der Waals surface area (Å²) in [6.07, 6.45) is 2.63. The Bertz CT molecular complexity index is 675. The predicted octanol–water partition coefficient (Wildman–Crippen LogP) is 0.586. The van der Waals surface area contributed by atoms with Crippen molar-refractivity contribution >= 4 is 27.3 Å². The fourth-order valence-corrected chi connectivity index (χ4v) is 3.42. The number of carboxylic acid groups (broad SMARTS) is 1. The number of rotatable bonds is 5. The third-order valence-electron chi connectivity index (χ3n) is 2.30. The first-order valence-electron chi connectivity index (χ1n) is 5.16. The van der Waals surface area contributed by atoms with E-state index in [4.69, 9.17) is 5.11 Å². The lowest BCUT2D eigenvalue weighted by Gasteiger charge is -2.11. The summed E-state index contributed by atoms with van der Waals surface area (Å²) in [6.45, 7) is 0. The van der Waals surface area contributed by atoms with E-state index < -0.39 is 22.0 Å². The Balaban J connectivity index is 2.30. The van der Waals surface area contributed by atoms with Crippen molar-refractivity contribution < 1.29 is 18.3 Å². The number of thiophene rings is 1. The minimum atomic E-state index is -3.97. The van der Waals surface area contributed by atoms with Gasteiger partial charge in [0.2, 0.25) is 0 Å². The van der Waals surface area contributed by atoms with Crippen LogP contribution in [0, 0.1) is 0 Å². The van der Waals surface area contributed by atoms with Crippen LogP contribution in [-0.4, -0.2) is 29.0 Å². The van der Waals surface area contributed by atoms with Gasteiger partial charge in [0.25, 0.3) is 10.0 Å². The quantitative estimate of drug-likeness (QED) is 0.841. The van der Waals surface area contributed by atoms with Gasteiger partial charge in [-0.3, -0.25) is 4.79 Å². The van der Waals surface area contributed by atoms with Crippen molar-refractivity contribution in [3.63, 3.8) is 0 Å². The number of nitrogens with zero attached hydrogens (tertiary/aromatic N) is 2. The molecule has 1 atom stereocenters. The summed E-state index contributed by atoms with van der Waals surface area (Å²) >= 11 is 1.17. The van der Waals surface area contributed by atoms with Crippen LogP contribution in [-0.2, 0) is 21.9 Å². The molecule has 102 valence electrons. The Morgan fingerprint density at radius 3 is 2.79 bits per heavy atom. The van der Waals surface area contributed by atoms with Gasteiger partial charge in [-0.05, 0) is 11.4 Å². The van der Waals surface area contributed by atoms with Crippen LogP contribution in [0.2, 0.25) is 0 Å². The lowest BCUT2D eigenvalue weighted by molar-refractivity contribution is -0.139. The highest BCUT2D eigenvalue weighted by Gasteiger charge is 2.28. The van der Waals surface area contributed by atoms with Gasteiger partial charge in [-0.1, -0.05) is 6.07 Å². The van der Waals surface area contributed by atoms with Crippen LogP contribution in [0.4, 0.5) is 0 Å². The maximum Gasteiger partial charge on any atom is 0.327 e. The van der Waals surface area contributed by atoms with Gasteiger partial charge in [-0.25, -0.2) is 13.4 Å². The van der Waals surface area contributed by atoms with Crippen LogP contribution >= 0.6 is 11.3 Å². The molecule has 19 heavy (non-hydrogen) atoms. The monoisotopic (exact) mass is 301 g/mol. The number of hydrogen-bond donors (Lipinski definition) is 2. The van der Waals surface area contributed by atoms with E-state index in [1.807, 2.05) is 0 Å². The fourth-order valence-electron chi connectivity index (χ4n) is 1.43. The van der Waals surface area contributed by atoms with Gasteiger partial charge in [0.05, 0.1) is 6.33 Å². The molecule has 2 N–H and O–H groups in total. The molecule has 0 radical (unpaired) electrons. The van der Waals surface area contributed by atoms with Crippen molar-refractivity contribution in [1.82, 2.24) is 14.3 Å². The summed E-state index contributed by atoms with van der Waals surface area (Å²) in [6, 6.07) is 1.90. The van der Waals surface area contributed by atoms with Crippen LogP contribution < -0.4 is 4.72 Å². The Labute approximate surface area is 113 Å². The molecule has 1 unspecified atom stereocenters. The zero-order valence-corrected chi connectivity index (χ0v) is 11.5. The van der Waals surface area contributed by atoms with E-state index in [-0.39, 0.29) is 5.03 Å². The molecule has 0 amide bonds. The highest BCUT2D eigenvalue weighted by atomic mass is 32.2. The van der Waals surface area contributed by atoms with E-state index in [2.05, 4.69) is 9.71 Å². The first-order chi connectivity index (χ1) is 8.90. The molecule has 0 saturated heterocycles. The van der Waals surface area contributed by atoms with E-state index in [1.165, 1.54) is 28.4 Å². The second kappa shape index (κ2) is 5.11. The van der Waals surface area contributed by atoms with Gasteiger partial charge in [0, 0.05) is 18.1 Å². The van der Waals surface area contributed by atoms with Crippen LogP contribution in [0.25, 0.3) is 0 Å². The highest BCUT2D eigenvalue weighted by molar-refractivity contribution is 7.89. The first kappa shape index (κ1) is 13.7. The number of aromatic nitrogens is 2. The SMILES string of the molecule is Cn1cnc(S(=O)(=O)NC(C(=O)O)c2cccs2)c1. The molecule has 7 nitrogen and oxygen atoms in total. The summed E-state index contributed by atoms with van der Waals surface area (Å²) < 4.78 is 27.6. The van der Waals surface area contributed by atoms with Gasteiger partial charge in [0.15, 0.2) is 11.1 Å². The Morgan fingerprint density at radius 2 is 2.32 bits per heavy atom. The molecule has 2 rings (SSSR count). The smallest absolute Gasteiger partial charge is 0.327 e. The normalized spacial score (nSPS) is 13.3.